The zero-order chi connectivity index (χ0) is 20.1. The average Bonchev–Trinajstić information content (AvgIpc) is 3.08. The van der Waals surface area contributed by atoms with E-state index in [2.05, 4.69) is 10.6 Å². The summed E-state index contributed by atoms with van der Waals surface area (Å²) in [4.78, 5) is 37.6. The number of esters is 1. The van der Waals surface area contributed by atoms with Crippen LogP contribution in [-0.4, -0.2) is 30.3 Å². The van der Waals surface area contributed by atoms with Crippen molar-refractivity contribution in [2.45, 2.75) is 30.8 Å². The minimum Gasteiger partial charge on any atom is -0.467 e. The number of rotatable bonds is 6. The molecule has 2 atom stereocenters. The van der Waals surface area contributed by atoms with Crippen LogP contribution < -0.4 is 10.6 Å². The Hall–Kier alpha value is -2.86. The zero-order valence-corrected chi connectivity index (χ0v) is 16.2. The molecule has 1 amide bonds. The molecule has 2 aromatic rings. The monoisotopic (exact) mass is 400 g/mol. The maximum atomic E-state index is 13.2. The Morgan fingerprint density at radius 2 is 1.79 bits per heavy atom. The molecule has 0 saturated heterocycles. The standard InChI is InChI=1S/C21H21ClN2O4/c1-28-19(26)18(14-7-9-15(22)10-8-14)23-20(27)21(12-11-17(25)13-21)24-16-5-3-2-4-6-16/h2-10,18,24H,11-13H2,1H3,(H,23,27)/t18-,21?/m0/s1. The Morgan fingerprint density at radius 3 is 2.36 bits per heavy atom. The fourth-order valence-corrected chi connectivity index (χ4v) is 3.47. The number of nitrogens with one attached hydrogen (secondary N) is 2. The smallest absolute Gasteiger partial charge is 0.333 e. The van der Waals surface area contributed by atoms with E-state index in [0.717, 1.165) is 5.69 Å². The van der Waals surface area contributed by atoms with Gasteiger partial charge in [0.25, 0.3) is 0 Å². The summed E-state index contributed by atoms with van der Waals surface area (Å²) in [5.41, 5.74) is 0.161. The van der Waals surface area contributed by atoms with E-state index in [4.69, 9.17) is 16.3 Å². The highest BCUT2D eigenvalue weighted by Crippen LogP contribution is 2.32. The number of benzene rings is 2. The first kappa shape index (κ1) is 19.9. The van der Waals surface area contributed by atoms with Gasteiger partial charge in [-0.25, -0.2) is 4.79 Å². The second-order valence-corrected chi connectivity index (χ2v) is 7.21. The van der Waals surface area contributed by atoms with E-state index in [1.807, 2.05) is 30.3 Å². The summed E-state index contributed by atoms with van der Waals surface area (Å²) in [6, 6.07) is 14.8. The summed E-state index contributed by atoms with van der Waals surface area (Å²) < 4.78 is 4.86. The molecule has 0 spiro atoms. The predicted octanol–water partition coefficient (Wildman–Crippen LogP) is 3.27. The second-order valence-electron chi connectivity index (χ2n) is 6.77. The van der Waals surface area contributed by atoms with E-state index in [9.17, 15) is 14.4 Å². The van der Waals surface area contributed by atoms with Crippen molar-refractivity contribution in [1.29, 1.82) is 0 Å². The van der Waals surface area contributed by atoms with E-state index in [0.29, 0.717) is 23.4 Å². The van der Waals surface area contributed by atoms with Crippen molar-refractivity contribution in [3.8, 4) is 0 Å². The van der Waals surface area contributed by atoms with Crippen molar-refractivity contribution in [3.63, 3.8) is 0 Å². The number of hydrogen-bond acceptors (Lipinski definition) is 5. The fourth-order valence-electron chi connectivity index (χ4n) is 3.34. The van der Waals surface area contributed by atoms with Crippen LogP contribution in [0, 0.1) is 0 Å². The molecule has 1 unspecified atom stereocenters. The molecular weight excluding hydrogens is 380 g/mol. The molecule has 0 aliphatic heterocycles. The van der Waals surface area contributed by atoms with Gasteiger partial charge in [0.15, 0.2) is 6.04 Å². The average molecular weight is 401 g/mol. The molecule has 0 bridgehead atoms. The van der Waals surface area contributed by atoms with Gasteiger partial charge in [0.1, 0.15) is 11.3 Å². The van der Waals surface area contributed by atoms with Crippen LogP contribution in [0.4, 0.5) is 5.69 Å². The van der Waals surface area contributed by atoms with Gasteiger partial charge in [-0.05, 0) is 36.2 Å². The highest BCUT2D eigenvalue weighted by atomic mass is 35.5. The number of ketones is 1. The van der Waals surface area contributed by atoms with Gasteiger partial charge in [0, 0.05) is 23.6 Å². The third-order valence-electron chi connectivity index (χ3n) is 4.84. The SMILES string of the molecule is COC(=O)[C@@H](NC(=O)C1(Nc2ccccc2)CCC(=O)C1)c1ccc(Cl)cc1. The van der Waals surface area contributed by atoms with Crippen molar-refractivity contribution in [1.82, 2.24) is 5.32 Å². The van der Waals surface area contributed by atoms with Crippen LogP contribution in [0.25, 0.3) is 0 Å². The van der Waals surface area contributed by atoms with E-state index < -0.39 is 23.5 Å². The summed E-state index contributed by atoms with van der Waals surface area (Å²) in [5, 5.41) is 6.47. The molecule has 1 fully saturated rings. The Bertz CT molecular complexity index is 870. The fraction of sp³-hybridized carbons (Fsp3) is 0.286. The van der Waals surface area contributed by atoms with E-state index in [1.165, 1.54) is 7.11 Å². The lowest BCUT2D eigenvalue weighted by Gasteiger charge is -2.31. The van der Waals surface area contributed by atoms with Crippen molar-refractivity contribution in [3.05, 3.63) is 65.2 Å². The predicted molar refractivity (Wildman–Crippen MR) is 106 cm³/mol. The van der Waals surface area contributed by atoms with Crippen molar-refractivity contribution in [2.24, 2.45) is 0 Å². The highest BCUT2D eigenvalue weighted by molar-refractivity contribution is 6.30. The molecule has 3 rings (SSSR count). The first-order chi connectivity index (χ1) is 13.4. The Kier molecular flexibility index (Phi) is 5.99. The number of Topliss-reactive ketones (excluding diaryl/α,β-unsaturated/α-hetero) is 1. The molecule has 0 aromatic heterocycles. The van der Waals surface area contributed by atoms with Crippen LogP contribution in [-0.2, 0) is 19.1 Å². The first-order valence-corrected chi connectivity index (χ1v) is 9.30. The van der Waals surface area contributed by atoms with Gasteiger partial charge in [-0.2, -0.15) is 0 Å². The van der Waals surface area contributed by atoms with Gasteiger partial charge < -0.3 is 15.4 Å². The summed E-state index contributed by atoms with van der Waals surface area (Å²) in [6.07, 6.45) is 0.709. The lowest BCUT2D eigenvalue weighted by molar-refractivity contribution is -0.145. The van der Waals surface area contributed by atoms with Crippen LogP contribution in [0.15, 0.2) is 54.6 Å². The van der Waals surface area contributed by atoms with E-state index >= 15 is 0 Å². The van der Waals surface area contributed by atoms with Crippen molar-refractivity contribution in [2.75, 3.05) is 12.4 Å². The zero-order valence-electron chi connectivity index (χ0n) is 15.4. The molecule has 7 heteroatoms. The van der Waals surface area contributed by atoms with E-state index in [1.54, 1.807) is 24.3 Å². The Morgan fingerprint density at radius 1 is 1.11 bits per heavy atom. The quantitative estimate of drug-likeness (QED) is 0.727. The molecule has 0 radical (unpaired) electrons. The summed E-state index contributed by atoms with van der Waals surface area (Å²) >= 11 is 5.92. The number of carbonyl (C=O) groups is 3. The molecule has 6 nitrogen and oxygen atoms in total. The number of halogens is 1. The summed E-state index contributed by atoms with van der Waals surface area (Å²) in [5.74, 6) is -1.03. The van der Waals surface area contributed by atoms with Crippen LogP contribution in [0.3, 0.4) is 0 Å². The van der Waals surface area contributed by atoms with Crippen LogP contribution in [0.2, 0.25) is 5.02 Å². The van der Waals surface area contributed by atoms with Crippen LogP contribution in [0.1, 0.15) is 30.9 Å². The molecule has 1 aliphatic carbocycles. The Balaban J connectivity index is 1.87. The van der Waals surface area contributed by atoms with Gasteiger partial charge in [-0.1, -0.05) is 41.9 Å². The van der Waals surface area contributed by atoms with Gasteiger partial charge in [0.2, 0.25) is 5.91 Å². The number of ether oxygens (including phenoxy) is 1. The van der Waals surface area contributed by atoms with Gasteiger partial charge in [-0.15, -0.1) is 0 Å². The van der Waals surface area contributed by atoms with Crippen molar-refractivity contribution < 1.29 is 19.1 Å². The molecule has 2 aromatic carbocycles. The molecular formula is C21H21ClN2O4. The molecule has 28 heavy (non-hydrogen) atoms. The molecule has 0 heterocycles. The minimum atomic E-state index is -1.11. The first-order valence-electron chi connectivity index (χ1n) is 8.93. The Labute approximate surface area is 168 Å². The maximum Gasteiger partial charge on any atom is 0.333 e. The molecule has 2 N–H and O–H groups in total. The number of carbonyl (C=O) groups excluding carboxylic acids is 3. The molecule has 1 saturated carbocycles. The normalized spacial score (nSPS) is 19.7. The van der Waals surface area contributed by atoms with Crippen LogP contribution in [0.5, 0.6) is 0 Å². The lowest BCUT2D eigenvalue weighted by Crippen LogP contribution is -2.53. The van der Waals surface area contributed by atoms with E-state index in [-0.39, 0.29) is 12.2 Å². The van der Waals surface area contributed by atoms with Crippen molar-refractivity contribution >= 4 is 34.9 Å². The number of amides is 1. The van der Waals surface area contributed by atoms with Crippen LogP contribution >= 0.6 is 11.6 Å². The summed E-state index contributed by atoms with van der Waals surface area (Å²) in [6.45, 7) is 0. The summed E-state index contributed by atoms with van der Waals surface area (Å²) in [7, 11) is 1.26. The van der Waals surface area contributed by atoms with Gasteiger partial charge in [-0.3, -0.25) is 9.59 Å². The molecule has 1 aliphatic rings. The maximum absolute atomic E-state index is 13.2. The lowest BCUT2D eigenvalue weighted by atomic mass is 9.94. The number of hydrogen-bond donors (Lipinski definition) is 2. The van der Waals surface area contributed by atoms with Gasteiger partial charge in [0.05, 0.1) is 7.11 Å². The third-order valence-corrected chi connectivity index (χ3v) is 5.09. The topological polar surface area (TPSA) is 84.5 Å². The highest BCUT2D eigenvalue weighted by Gasteiger charge is 2.46. The third kappa shape index (κ3) is 4.34. The second kappa shape index (κ2) is 8.44. The largest absolute Gasteiger partial charge is 0.467 e. The number of anilines is 1. The number of para-hydroxylation sites is 1. The van der Waals surface area contributed by atoms with Gasteiger partial charge >= 0.3 is 5.97 Å². The molecule has 146 valence electrons. The number of methoxy groups -OCH3 is 1. The minimum absolute atomic E-state index is 0.000285.